The molecule has 1 aliphatic heterocycles. The van der Waals surface area contributed by atoms with Gasteiger partial charge in [0.05, 0.1) is 12.7 Å². The predicted molar refractivity (Wildman–Crippen MR) is 55.0 cm³/mol. The summed E-state index contributed by atoms with van der Waals surface area (Å²) in [5, 5.41) is 18.7. The third-order valence-corrected chi connectivity index (χ3v) is 3.53. The standard InChI is InChI=1S/C11H21NO2/c13-6-5-12-4-3-11(14)10(8-12)7-9-1-2-9/h9-11,13-14H,1-8H2. The zero-order valence-electron chi connectivity index (χ0n) is 8.73. The van der Waals surface area contributed by atoms with Gasteiger partial charge in [-0.15, -0.1) is 0 Å². The Labute approximate surface area is 85.7 Å². The van der Waals surface area contributed by atoms with Gasteiger partial charge >= 0.3 is 0 Å². The maximum absolute atomic E-state index is 9.84. The van der Waals surface area contributed by atoms with Gasteiger partial charge in [0.1, 0.15) is 0 Å². The average molecular weight is 199 g/mol. The molecule has 0 bridgehead atoms. The van der Waals surface area contributed by atoms with Crippen LogP contribution < -0.4 is 0 Å². The molecule has 14 heavy (non-hydrogen) atoms. The van der Waals surface area contributed by atoms with Crippen molar-refractivity contribution in [2.45, 2.75) is 31.8 Å². The first kappa shape index (κ1) is 10.4. The zero-order chi connectivity index (χ0) is 9.97. The molecule has 3 nitrogen and oxygen atoms in total. The van der Waals surface area contributed by atoms with E-state index in [1.807, 2.05) is 0 Å². The average Bonchev–Trinajstić information content (AvgIpc) is 2.95. The number of hydrogen-bond acceptors (Lipinski definition) is 3. The van der Waals surface area contributed by atoms with E-state index < -0.39 is 0 Å². The molecule has 2 N–H and O–H groups in total. The highest BCUT2D eigenvalue weighted by Crippen LogP contribution is 2.37. The Morgan fingerprint density at radius 2 is 2.00 bits per heavy atom. The van der Waals surface area contributed by atoms with Crippen LogP contribution in [0.5, 0.6) is 0 Å². The van der Waals surface area contributed by atoms with Crippen molar-refractivity contribution in [2.24, 2.45) is 11.8 Å². The molecule has 0 aromatic carbocycles. The number of nitrogens with zero attached hydrogens (tertiary/aromatic N) is 1. The SMILES string of the molecule is OCCN1CCC(O)C(CC2CC2)C1. The molecular formula is C11H21NO2. The highest BCUT2D eigenvalue weighted by Gasteiger charge is 2.32. The zero-order valence-corrected chi connectivity index (χ0v) is 8.73. The molecule has 0 spiro atoms. The topological polar surface area (TPSA) is 43.7 Å². The largest absolute Gasteiger partial charge is 0.395 e. The van der Waals surface area contributed by atoms with Crippen LogP contribution in [0.3, 0.4) is 0 Å². The number of rotatable bonds is 4. The third-order valence-electron chi connectivity index (χ3n) is 3.53. The molecule has 2 rings (SSSR count). The molecule has 1 heterocycles. The lowest BCUT2D eigenvalue weighted by molar-refractivity contribution is 0.0153. The fourth-order valence-electron chi connectivity index (χ4n) is 2.45. The summed E-state index contributed by atoms with van der Waals surface area (Å²) < 4.78 is 0. The molecular weight excluding hydrogens is 178 g/mol. The second kappa shape index (κ2) is 4.60. The van der Waals surface area contributed by atoms with Gasteiger partial charge < -0.3 is 15.1 Å². The van der Waals surface area contributed by atoms with Gasteiger partial charge in [0, 0.05) is 19.6 Å². The Kier molecular flexibility index (Phi) is 3.42. The molecule has 0 aromatic rings. The quantitative estimate of drug-likeness (QED) is 0.691. The molecule has 1 saturated heterocycles. The van der Waals surface area contributed by atoms with Crippen LogP contribution in [0.25, 0.3) is 0 Å². The third kappa shape index (κ3) is 2.69. The van der Waals surface area contributed by atoms with E-state index in [0.29, 0.717) is 5.92 Å². The molecule has 0 aromatic heterocycles. The highest BCUT2D eigenvalue weighted by atomic mass is 16.3. The lowest BCUT2D eigenvalue weighted by Crippen LogP contribution is -2.44. The Morgan fingerprint density at radius 1 is 1.21 bits per heavy atom. The molecule has 82 valence electrons. The van der Waals surface area contributed by atoms with E-state index in [1.54, 1.807) is 0 Å². The minimum Gasteiger partial charge on any atom is -0.395 e. The Morgan fingerprint density at radius 3 is 2.64 bits per heavy atom. The molecule has 2 atom stereocenters. The van der Waals surface area contributed by atoms with E-state index in [-0.39, 0.29) is 12.7 Å². The maximum Gasteiger partial charge on any atom is 0.0592 e. The second-order valence-corrected chi connectivity index (χ2v) is 4.82. The lowest BCUT2D eigenvalue weighted by atomic mass is 9.90. The van der Waals surface area contributed by atoms with Gasteiger partial charge in [-0.2, -0.15) is 0 Å². The highest BCUT2D eigenvalue weighted by molar-refractivity contribution is 4.85. The van der Waals surface area contributed by atoms with Crippen molar-refractivity contribution >= 4 is 0 Å². The summed E-state index contributed by atoms with van der Waals surface area (Å²) in [6, 6.07) is 0. The van der Waals surface area contributed by atoms with E-state index in [9.17, 15) is 5.11 Å². The first-order valence-corrected chi connectivity index (χ1v) is 5.81. The number of piperidine rings is 1. The van der Waals surface area contributed by atoms with Gasteiger partial charge in [-0.3, -0.25) is 0 Å². The first-order valence-electron chi connectivity index (χ1n) is 5.81. The second-order valence-electron chi connectivity index (χ2n) is 4.82. The lowest BCUT2D eigenvalue weighted by Gasteiger charge is -2.36. The molecule has 3 heteroatoms. The van der Waals surface area contributed by atoms with Crippen LogP contribution in [-0.4, -0.2) is 47.5 Å². The van der Waals surface area contributed by atoms with Gasteiger partial charge in [0.25, 0.3) is 0 Å². The Bertz CT molecular complexity index is 182. The van der Waals surface area contributed by atoms with Gasteiger partial charge in [0.2, 0.25) is 0 Å². The van der Waals surface area contributed by atoms with E-state index in [0.717, 1.165) is 32.0 Å². The fraction of sp³-hybridized carbons (Fsp3) is 1.00. The molecule has 0 radical (unpaired) electrons. The van der Waals surface area contributed by atoms with Crippen molar-refractivity contribution < 1.29 is 10.2 Å². The Balaban J connectivity index is 1.79. The van der Waals surface area contributed by atoms with Gasteiger partial charge in [0.15, 0.2) is 0 Å². The van der Waals surface area contributed by atoms with Crippen LogP contribution in [0.2, 0.25) is 0 Å². The number of hydrogen-bond donors (Lipinski definition) is 2. The summed E-state index contributed by atoms with van der Waals surface area (Å²) in [6.45, 7) is 2.95. The molecule has 1 saturated carbocycles. The number of β-amino-alcohol motifs (C(OH)–C–C–N with tert-alkyl or cyclic N) is 1. The molecule has 0 amide bonds. The van der Waals surface area contributed by atoms with Crippen LogP contribution in [0.1, 0.15) is 25.7 Å². The normalized spacial score (nSPS) is 34.7. The minimum absolute atomic E-state index is 0.0921. The van der Waals surface area contributed by atoms with Crippen molar-refractivity contribution in [1.29, 1.82) is 0 Å². The van der Waals surface area contributed by atoms with Crippen molar-refractivity contribution in [2.75, 3.05) is 26.2 Å². The number of likely N-dealkylation sites (tertiary alicyclic amines) is 1. The number of aliphatic hydroxyl groups excluding tert-OH is 2. The Hall–Kier alpha value is -0.120. The van der Waals surface area contributed by atoms with E-state index in [1.165, 1.54) is 19.3 Å². The number of aliphatic hydroxyl groups is 2. The first-order chi connectivity index (χ1) is 6.79. The predicted octanol–water partition coefficient (Wildman–Crippen LogP) is 0.462. The summed E-state index contributed by atoms with van der Waals surface area (Å²) >= 11 is 0. The fourth-order valence-corrected chi connectivity index (χ4v) is 2.45. The van der Waals surface area contributed by atoms with Gasteiger partial charge in [-0.25, -0.2) is 0 Å². The van der Waals surface area contributed by atoms with Crippen LogP contribution in [0.15, 0.2) is 0 Å². The van der Waals surface area contributed by atoms with Crippen LogP contribution in [0.4, 0.5) is 0 Å². The molecule has 2 aliphatic rings. The van der Waals surface area contributed by atoms with E-state index >= 15 is 0 Å². The molecule has 1 aliphatic carbocycles. The van der Waals surface area contributed by atoms with Crippen molar-refractivity contribution in [3.63, 3.8) is 0 Å². The summed E-state index contributed by atoms with van der Waals surface area (Å²) in [6.07, 6.45) is 4.72. The smallest absolute Gasteiger partial charge is 0.0592 e. The summed E-state index contributed by atoms with van der Waals surface area (Å²) in [7, 11) is 0. The maximum atomic E-state index is 9.84. The van der Waals surface area contributed by atoms with Gasteiger partial charge in [-0.05, 0) is 24.7 Å². The molecule has 2 fully saturated rings. The molecule has 2 unspecified atom stereocenters. The summed E-state index contributed by atoms with van der Waals surface area (Å²) in [4.78, 5) is 2.28. The van der Waals surface area contributed by atoms with Crippen molar-refractivity contribution in [3.05, 3.63) is 0 Å². The summed E-state index contributed by atoms with van der Waals surface area (Å²) in [5.41, 5.74) is 0. The monoisotopic (exact) mass is 199 g/mol. The van der Waals surface area contributed by atoms with Crippen LogP contribution >= 0.6 is 0 Å². The van der Waals surface area contributed by atoms with Crippen molar-refractivity contribution in [3.8, 4) is 0 Å². The van der Waals surface area contributed by atoms with E-state index in [4.69, 9.17) is 5.11 Å². The van der Waals surface area contributed by atoms with Crippen molar-refractivity contribution in [1.82, 2.24) is 4.90 Å². The summed E-state index contributed by atoms with van der Waals surface area (Å²) in [5.74, 6) is 1.35. The van der Waals surface area contributed by atoms with Gasteiger partial charge in [-0.1, -0.05) is 12.8 Å². The van der Waals surface area contributed by atoms with E-state index in [2.05, 4.69) is 4.90 Å². The minimum atomic E-state index is -0.0921. The van der Waals surface area contributed by atoms with Crippen LogP contribution in [-0.2, 0) is 0 Å². The van der Waals surface area contributed by atoms with Crippen LogP contribution in [0, 0.1) is 11.8 Å².